The highest BCUT2D eigenvalue weighted by atomic mass is 19.3. The van der Waals surface area contributed by atoms with Crippen LogP contribution in [0.1, 0.15) is 30.9 Å². The van der Waals surface area contributed by atoms with E-state index in [4.69, 9.17) is 0 Å². The standard InChI is InChI=1S/C13H18F2N4O/c14-13(15)5-10(17-7-13)12(20)19-3-1-9(2-4-19)11-6-16-8-18-11/h6,8-10,17H,1-5,7H2,(H,16,18). The number of halogens is 2. The Morgan fingerprint density at radius 3 is 2.70 bits per heavy atom. The van der Waals surface area contributed by atoms with Crippen LogP contribution in [0.4, 0.5) is 8.78 Å². The third kappa shape index (κ3) is 2.67. The van der Waals surface area contributed by atoms with Crippen LogP contribution < -0.4 is 5.32 Å². The van der Waals surface area contributed by atoms with Gasteiger partial charge in [-0.3, -0.25) is 10.1 Å². The summed E-state index contributed by atoms with van der Waals surface area (Å²) in [5.74, 6) is -2.57. The van der Waals surface area contributed by atoms with Crippen LogP contribution in [-0.2, 0) is 4.79 Å². The number of piperidine rings is 1. The first-order valence-corrected chi connectivity index (χ1v) is 6.93. The van der Waals surface area contributed by atoms with E-state index in [2.05, 4.69) is 15.3 Å². The number of H-pyrrole nitrogens is 1. The lowest BCUT2D eigenvalue weighted by Gasteiger charge is -2.33. The van der Waals surface area contributed by atoms with Crippen molar-refractivity contribution in [2.24, 2.45) is 0 Å². The summed E-state index contributed by atoms with van der Waals surface area (Å²) in [4.78, 5) is 21.0. The van der Waals surface area contributed by atoms with Gasteiger partial charge in [-0.15, -0.1) is 0 Å². The molecule has 0 bridgehead atoms. The second-order valence-electron chi connectivity index (χ2n) is 5.60. The minimum Gasteiger partial charge on any atom is -0.348 e. The molecule has 1 atom stereocenters. The van der Waals surface area contributed by atoms with Crippen molar-refractivity contribution in [3.63, 3.8) is 0 Å². The van der Waals surface area contributed by atoms with Crippen LogP contribution in [0.15, 0.2) is 12.5 Å². The predicted octanol–water partition coefficient (Wildman–Crippen LogP) is 1.11. The van der Waals surface area contributed by atoms with Gasteiger partial charge in [0.1, 0.15) is 0 Å². The molecule has 3 rings (SSSR count). The lowest BCUT2D eigenvalue weighted by Crippen LogP contribution is -2.46. The molecule has 20 heavy (non-hydrogen) atoms. The molecule has 2 aliphatic heterocycles. The number of aromatic amines is 1. The van der Waals surface area contributed by atoms with Gasteiger partial charge >= 0.3 is 0 Å². The van der Waals surface area contributed by atoms with E-state index in [1.807, 2.05) is 0 Å². The van der Waals surface area contributed by atoms with E-state index < -0.39 is 18.5 Å². The first kappa shape index (κ1) is 13.5. The summed E-state index contributed by atoms with van der Waals surface area (Å²) in [5, 5.41) is 2.63. The van der Waals surface area contributed by atoms with Gasteiger partial charge in [0.25, 0.3) is 5.92 Å². The lowest BCUT2D eigenvalue weighted by molar-refractivity contribution is -0.134. The Morgan fingerprint density at radius 2 is 2.15 bits per heavy atom. The normalized spacial score (nSPS) is 26.9. The van der Waals surface area contributed by atoms with Gasteiger partial charge in [0, 0.05) is 37.3 Å². The lowest BCUT2D eigenvalue weighted by atomic mass is 9.93. The number of amides is 1. The van der Waals surface area contributed by atoms with Crippen molar-refractivity contribution < 1.29 is 13.6 Å². The highest BCUT2D eigenvalue weighted by Crippen LogP contribution is 2.29. The number of carbonyl (C=O) groups excluding carboxylic acids is 1. The van der Waals surface area contributed by atoms with Crippen molar-refractivity contribution in [3.05, 3.63) is 18.2 Å². The van der Waals surface area contributed by atoms with Crippen LogP contribution in [0.5, 0.6) is 0 Å². The number of imidazole rings is 1. The molecule has 1 aromatic heterocycles. The number of nitrogens with zero attached hydrogens (tertiary/aromatic N) is 2. The van der Waals surface area contributed by atoms with E-state index in [1.54, 1.807) is 17.4 Å². The molecule has 1 aromatic rings. The average molecular weight is 284 g/mol. The average Bonchev–Trinajstić information content (AvgIpc) is 3.07. The Bertz CT molecular complexity index is 469. The van der Waals surface area contributed by atoms with E-state index in [9.17, 15) is 13.6 Å². The molecule has 1 amide bonds. The van der Waals surface area contributed by atoms with Gasteiger partial charge in [0.05, 0.1) is 18.9 Å². The van der Waals surface area contributed by atoms with Gasteiger partial charge in [-0.05, 0) is 12.8 Å². The van der Waals surface area contributed by atoms with E-state index in [0.29, 0.717) is 19.0 Å². The van der Waals surface area contributed by atoms with Crippen LogP contribution in [0.25, 0.3) is 0 Å². The summed E-state index contributed by atoms with van der Waals surface area (Å²) in [6.45, 7) is 0.840. The molecule has 0 spiro atoms. The van der Waals surface area contributed by atoms with E-state index in [1.165, 1.54) is 0 Å². The molecule has 7 heteroatoms. The number of alkyl halides is 2. The van der Waals surface area contributed by atoms with Crippen molar-refractivity contribution in [1.29, 1.82) is 0 Å². The predicted molar refractivity (Wildman–Crippen MR) is 68.5 cm³/mol. The van der Waals surface area contributed by atoms with Gasteiger partial charge in [-0.1, -0.05) is 0 Å². The summed E-state index contributed by atoms with van der Waals surface area (Å²) in [6.07, 6.45) is 4.76. The zero-order valence-corrected chi connectivity index (χ0v) is 11.1. The molecular weight excluding hydrogens is 266 g/mol. The van der Waals surface area contributed by atoms with Crippen molar-refractivity contribution in [3.8, 4) is 0 Å². The summed E-state index contributed by atoms with van der Waals surface area (Å²) < 4.78 is 26.3. The molecule has 2 N–H and O–H groups in total. The Morgan fingerprint density at radius 1 is 1.40 bits per heavy atom. The van der Waals surface area contributed by atoms with Gasteiger partial charge in [0.2, 0.25) is 5.91 Å². The molecule has 1 unspecified atom stereocenters. The number of hydrogen-bond acceptors (Lipinski definition) is 3. The number of hydrogen-bond donors (Lipinski definition) is 2. The van der Waals surface area contributed by atoms with Crippen LogP contribution in [0.2, 0.25) is 0 Å². The highest BCUT2D eigenvalue weighted by molar-refractivity contribution is 5.82. The summed E-state index contributed by atoms with van der Waals surface area (Å²) in [6, 6.07) is -0.728. The highest BCUT2D eigenvalue weighted by Gasteiger charge is 2.43. The van der Waals surface area contributed by atoms with Crippen LogP contribution in [0, 0.1) is 0 Å². The second-order valence-corrected chi connectivity index (χ2v) is 5.60. The zero-order chi connectivity index (χ0) is 14.2. The molecular formula is C13H18F2N4O. The smallest absolute Gasteiger partial charge is 0.262 e. The van der Waals surface area contributed by atoms with E-state index in [-0.39, 0.29) is 12.3 Å². The maximum atomic E-state index is 13.1. The fourth-order valence-corrected chi connectivity index (χ4v) is 3.01. The Balaban J connectivity index is 1.54. The Kier molecular flexibility index (Phi) is 3.45. The van der Waals surface area contributed by atoms with Gasteiger partial charge in [-0.25, -0.2) is 13.8 Å². The fourth-order valence-electron chi connectivity index (χ4n) is 3.01. The number of likely N-dealkylation sites (tertiary alicyclic amines) is 1. The van der Waals surface area contributed by atoms with Gasteiger partial charge < -0.3 is 9.88 Å². The SMILES string of the molecule is O=C(C1CC(F)(F)CN1)N1CCC(c2cnc[nH]2)CC1. The molecule has 0 aromatic carbocycles. The molecule has 0 aliphatic carbocycles. The Labute approximate surface area is 115 Å². The molecule has 110 valence electrons. The molecule has 5 nitrogen and oxygen atoms in total. The van der Waals surface area contributed by atoms with E-state index >= 15 is 0 Å². The van der Waals surface area contributed by atoms with Crippen molar-refractivity contribution in [2.45, 2.75) is 37.1 Å². The molecule has 2 saturated heterocycles. The van der Waals surface area contributed by atoms with Gasteiger partial charge in [-0.2, -0.15) is 0 Å². The molecule has 2 aliphatic rings. The zero-order valence-electron chi connectivity index (χ0n) is 11.1. The Hall–Kier alpha value is -1.50. The fraction of sp³-hybridized carbons (Fsp3) is 0.692. The van der Waals surface area contributed by atoms with Crippen molar-refractivity contribution in [2.75, 3.05) is 19.6 Å². The van der Waals surface area contributed by atoms with Gasteiger partial charge in [0.15, 0.2) is 0 Å². The maximum absolute atomic E-state index is 13.1. The third-order valence-electron chi connectivity index (χ3n) is 4.17. The second kappa shape index (κ2) is 5.12. The summed E-state index contributed by atoms with van der Waals surface area (Å²) in [7, 11) is 0. The molecule has 3 heterocycles. The topological polar surface area (TPSA) is 61.0 Å². The van der Waals surface area contributed by atoms with Crippen molar-refractivity contribution >= 4 is 5.91 Å². The quantitative estimate of drug-likeness (QED) is 0.855. The van der Waals surface area contributed by atoms with E-state index in [0.717, 1.165) is 18.5 Å². The molecule has 0 saturated carbocycles. The van der Waals surface area contributed by atoms with Crippen LogP contribution in [0.3, 0.4) is 0 Å². The molecule has 2 fully saturated rings. The minimum absolute atomic E-state index is 0.190. The summed E-state index contributed by atoms with van der Waals surface area (Å²) in [5.41, 5.74) is 1.09. The summed E-state index contributed by atoms with van der Waals surface area (Å²) >= 11 is 0. The number of rotatable bonds is 2. The number of aromatic nitrogens is 2. The molecule has 0 radical (unpaired) electrons. The maximum Gasteiger partial charge on any atom is 0.262 e. The van der Waals surface area contributed by atoms with Crippen LogP contribution >= 0.6 is 0 Å². The number of nitrogens with one attached hydrogen (secondary N) is 2. The first-order chi connectivity index (χ1) is 9.55. The van der Waals surface area contributed by atoms with Crippen molar-refractivity contribution in [1.82, 2.24) is 20.2 Å². The largest absolute Gasteiger partial charge is 0.348 e. The third-order valence-corrected chi connectivity index (χ3v) is 4.17. The number of carbonyl (C=O) groups is 1. The first-order valence-electron chi connectivity index (χ1n) is 6.93. The van der Waals surface area contributed by atoms with Crippen LogP contribution in [-0.4, -0.2) is 52.4 Å². The minimum atomic E-state index is -2.76. The monoisotopic (exact) mass is 284 g/mol.